The molecule has 0 heterocycles. The zero-order valence-electron chi connectivity index (χ0n) is 4.39. The summed E-state index contributed by atoms with van der Waals surface area (Å²) in [5.41, 5.74) is 0. The molecular formula is C3H5BF3O2. The third-order valence-electron chi connectivity index (χ3n) is 0.750. The molecule has 0 aromatic rings. The molecule has 0 aromatic carbocycles. The highest BCUT2D eigenvalue weighted by atomic mass is 19.3. The van der Waals surface area contributed by atoms with Gasteiger partial charge in [0.25, 0.3) is 5.92 Å². The van der Waals surface area contributed by atoms with Gasteiger partial charge in [-0.1, -0.05) is 0 Å². The predicted molar refractivity (Wildman–Crippen MR) is 24.7 cm³/mol. The summed E-state index contributed by atoms with van der Waals surface area (Å²) >= 11 is 0. The van der Waals surface area contributed by atoms with E-state index in [1.807, 2.05) is 0 Å². The topological polar surface area (TPSA) is 40.5 Å². The van der Waals surface area contributed by atoms with Crippen LogP contribution in [0.15, 0.2) is 0 Å². The Morgan fingerprint density at radius 2 is 1.56 bits per heavy atom. The molecule has 0 amide bonds. The normalized spacial score (nSPS) is 27.9. The van der Waals surface area contributed by atoms with Crippen molar-refractivity contribution >= 4 is 7.69 Å². The van der Waals surface area contributed by atoms with E-state index in [0.717, 1.165) is 0 Å². The van der Waals surface area contributed by atoms with Gasteiger partial charge in [-0.2, -0.15) is 0 Å². The molecule has 0 aliphatic heterocycles. The van der Waals surface area contributed by atoms with Crippen LogP contribution in [0.2, 0.25) is 0 Å². The lowest BCUT2D eigenvalue weighted by molar-refractivity contribution is 0.0870. The molecule has 1 aliphatic rings. The van der Waals surface area contributed by atoms with Crippen molar-refractivity contribution in [2.45, 2.75) is 18.5 Å². The van der Waals surface area contributed by atoms with E-state index in [1.54, 1.807) is 0 Å². The van der Waals surface area contributed by atoms with Crippen LogP contribution in [0.3, 0.4) is 0 Å². The minimum absolute atomic E-state index is 0. The number of rotatable bonds is 0. The summed E-state index contributed by atoms with van der Waals surface area (Å²) in [5, 5.41) is 14.0. The molecule has 1 saturated carbocycles. The minimum Gasteiger partial charge on any atom is -0.429 e. The third-order valence-corrected chi connectivity index (χ3v) is 0.750. The molecule has 1 aliphatic carbocycles. The smallest absolute Gasteiger partial charge is 0.429 e. The fourth-order valence-electron chi connectivity index (χ4n) is 0.180. The van der Waals surface area contributed by atoms with E-state index in [2.05, 4.69) is 0 Å². The molecule has 2 N–H and O–H groups in total. The summed E-state index contributed by atoms with van der Waals surface area (Å²) < 4.78 is 33.4. The van der Waals surface area contributed by atoms with Gasteiger partial charge in [0.1, 0.15) is 0 Å². The maximum absolute atomic E-state index is 11.2. The Bertz CT molecular complexity index is 89.1. The van der Waals surface area contributed by atoms with Gasteiger partial charge in [0.15, 0.2) is 6.17 Å². The molecule has 9 heavy (non-hydrogen) atoms. The van der Waals surface area contributed by atoms with Crippen LogP contribution in [0.25, 0.3) is 0 Å². The summed E-state index contributed by atoms with van der Waals surface area (Å²) in [6.07, 6.45) is -2.40. The summed E-state index contributed by atoms with van der Waals surface area (Å²) in [6, 6.07) is 0. The Morgan fingerprint density at radius 3 is 1.56 bits per heavy atom. The molecule has 0 aromatic heterocycles. The van der Waals surface area contributed by atoms with E-state index >= 15 is 0 Å². The van der Waals surface area contributed by atoms with Crippen LogP contribution in [0.4, 0.5) is 13.2 Å². The van der Waals surface area contributed by atoms with Gasteiger partial charge in [-0.05, 0) is 0 Å². The Balaban J connectivity index is 0.000000187. The second kappa shape index (κ2) is 3.07. The third kappa shape index (κ3) is 3.37. The molecule has 1 radical (unpaired) electrons. The van der Waals surface area contributed by atoms with Gasteiger partial charge in [-0.3, -0.25) is 0 Å². The Kier molecular flexibility index (Phi) is 3.00. The second-order valence-electron chi connectivity index (χ2n) is 1.55. The molecular weight excluding hydrogens is 136 g/mol. The van der Waals surface area contributed by atoms with E-state index in [-0.39, 0.29) is 7.69 Å². The number of hydrogen-bond acceptors (Lipinski definition) is 2. The van der Waals surface area contributed by atoms with Crippen LogP contribution in [-0.2, 0) is 0 Å². The number of hydrogen-bond donors (Lipinski definition) is 2. The Morgan fingerprint density at radius 1 is 1.44 bits per heavy atom. The van der Waals surface area contributed by atoms with Crippen molar-refractivity contribution in [2.24, 2.45) is 0 Å². The fraction of sp³-hybridized carbons (Fsp3) is 1.00. The van der Waals surface area contributed by atoms with Gasteiger partial charge in [0.05, 0.1) is 6.42 Å². The lowest BCUT2D eigenvalue weighted by Gasteiger charge is -1.79. The van der Waals surface area contributed by atoms with Crippen molar-refractivity contribution in [3.05, 3.63) is 0 Å². The quantitative estimate of drug-likeness (QED) is 0.461. The molecule has 1 atom stereocenters. The van der Waals surface area contributed by atoms with Crippen molar-refractivity contribution in [2.75, 3.05) is 0 Å². The molecule has 1 unspecified atom stereocenters. The molecule has 6 heteroatoms. The first-order valence-electron chi connectivity index (χ1n) is 2.16. The van der Waals surface area contributed by atoms with Crippen LogP contribution >= 0.6 is 0 Å². The molecule has 0 spiro atoms. The summed E-state index contributed by atoms with van der Waals surface area (Å²) in [4.78, 5) is 0. The van der Waals surface area contributed by atoms with Crippen molar-refractivity contribution in [3.8, 4) is 0 Å². The molecule has 1 fully saturated rings. The number of halogens is 3. The van der Waals surface area contributed by atoms with Crippen LogP contribution < -0.4 is 0 Å². The first-order chi connectivity index (χ1) is 4.04. The van der Waals surface area contributed by atoms with E-state index in [1.165, 1.54) is 0 Å². The van der Waals surface area contributed by atoms with E-state index < -0.39 is 18.5 Å². The highest BCUT2D eigenvalue weighted by molar-refractivity contribution is 6.13. The summed E-state index contributed by atoms with van der Waals surface area (Å²) in [7, 11) is 0. The maximum Gasteiger partial charge on any atom is 0.482 e. The first kappa shape index (κ1) is 8.77. The largest absolute Gasteiger partial charge is 0.482 e. The van der Waals surface area contributed by atoms with Crippen molar-refractivity contribution < 1.29 is 23.2 Å². The fourth-order valence-corrected chi connectivity index (χ4v) is 0.180. The summed E-state index contributed by atoms with van der Waals surface area (Å²) in [5.74, 6) is -2.96. The monoisotopic (exact) mass is 141 g/mol. The number of alkyl halides is 3. The zero-order chi connectivity index (χ0) is 7.49. The van der Waals surface area contributed by atoms with Crippen molar-refractivity contribution in [1.82, 2.24) is 0 Å². The molecule has 1 rings (SSSR count). The minimum atomic E-state index is -2.96. The van der Waals surface area contributed by atoms with Crippen LogP contribution in [0.5, 0.6) is 0 Å². The maximum atomic E-state index is 11.2. The van der Waals surface area contributed by atoms with Crippen LogP contribution in [0.1, 0.15) is 6.42 Å². The molecule has 0 saturated heterocycles. The van der Waals surface area contributed by atoms with Crippen LogP contribution in [-0.4, -0.2) is 29.8 Å². The van der Waals surface area contributed by atoms with Crippen molar-refractivity contribution in [1.29, 1.82) is 0 Å². The van der Waals surface area contributed by atoms with Gasteiger partial charge >= 0.3 is 7.69 Å². The molecule has 2 nitrogen and oxygen atoms in total. The summed E-state index contributed by atoms with van der Waals surface area (Å²) in [6.45, 7) is 0. The second-order valence-corrected chi connectivity index (χ2v) is 1.55. The highest BCUT2D eigenvalue weighted by Gasteiger charge is 2.58. The Hall–Kier alpha value is -0.225. The van der Waals surface area contributed by atoms with Gasteiger partial charge in [-0.25, -0.2) is 13.2 Å². The average Bonchev–Trinajstić information content (AvgIpc) is 2.14. The van der Waals surface area contributed by atoms with Gasteiger partial charge in [0, 0.05) is 0 Å². The molecule has 53 valence electrons. The lowest BCUT2D eigenvalue weighted by atomic mass is 10.5. The SMILES string of the molecule is FC1CC1(F)F.O[B]O. The van der Waals surface area contributed by atoms with E-state index in [0.29, 0.717) is 0 Å². The van der Waals surface area contributed by atoms with Crippen molar-refractivity contribution in [3.63, 3.8) is 0 Å². The standard InChI is InChI=1S/C3H3F3.BH2O2/c4-2-1-3(2,5)6;2-1-3/h2H,1H2;2-3H. The average molecular weight is 141 g/mol. The van der Waals surface area contributed by atoms with Gasteiger partial charge in [0.2, 0.25) is 0 Å². The zero-order valence-corrected chi connectivity index (χ0v) is 4.39. The van der Waals surface area contributed by atoms with E-state index in [9.17, 15) is 13.2 Å². The lowest BCUT2D eigenvalue weighted by Crippen LogP contribution is -1.90. The predicted octanol–water partition coefficient (Wildman–Crippen LogP) is -0.131. The van der Waals surface area contributed by atoms with Crippen LogP contribution in [0, 0.1) is 0 Å². The first-order valence-corrected chi connectivity index (χ1v) is 2.16. The van der Waals surface area contributed by atoms with E-state index in [4.69, 9.17) is 10.0 Å². The van der Waals surface area contributed by atoms with Gasteiger partial charge in [-0.15, -0.1) is 0 Å². The van der Waals surface area contributed by atoms with Gasteiger partial charge < -0.3 is 10.0 Å². The molecule has 0 bridgehead atoms. The highest BCUT2D eigenvalue weighted by Crippen LogP contribution is 2.44. The Labute approximate surface area is 50.6 Å².